The Hall–Kier alpha value is -0.660. The number of fused-ring (bicyclic) bond motifs is 5. The summed E-state index contributed by atoms with van der Waals surface area (Å²) in [6, 6.07) is 0. The van der Waals surface area contributed by atoms with Gasteiger partial charge >= 0.3 is 10.4 Å². The van der Waals surface area contributed by atoms with Crippen molar-refractivity contribution in [1.29, 1.82) is 0 Å². The van der Waals surface area contributed by atoms with Gasteiger partial charge in [-0.15, -0.1) is 0 Å². The van der Waals surface area contributed by atoms with E-state index < -0.39 is 75.6 Å². The Bertz CT molecular complexity index is 1030. The highest BCUT2D eigenvalue weighted by Crippen LogP contribution is 2.67. The molecule has 4 rings (SSSR count). The minimum absolute atomic E-state index is 0.0106. The fourth-order valence-electron chi connectivity index (χ4n) is 9.38. The number of carbonyl (C=O) groups is 1. The van der Waals surface area contributed by atoms with Gasteiger partial charge in [0.2, 0.25) is 0 Å². The van der Waals surface area contributed by atoms with Crippen LogP contribution in [0.2, 0.25) is 0 Å². The van der Waals surface area contributed by atoms with Gasteiger partial charge in [-0.05, 0) is 66.1 Å². The van der Waals surface area contributed by atoms with Gasteiger partial charge < -0.3 is 25.5 Å². The molecule has 0 aromatic heterocycles. The van der Waals surface area contributed by atoms with Crippen LogP contribution in [0, 0.1) is 58.2 Å². The molecule has 0 radical (unpaired) electrons. The van der Waals surface area contributed by atoms with Crippen molar-refractivity contribution in [3.63, 3.8) is 0 Å². The van der Waals surface area contributed by atoms with E-state index in [2.05, 4.69) is 27.7 Å². The van der Waals surface area contributed by atoms with Gasteiger partial charge in [0, 0.05) is 24.2 Å². The van der Waals surface area contributed by atoms with E-state index in [0.29, 0.717) is 31.1 Å². The average Bonchev–Trinajstić information content (AvgIpc) is 3.09. The first-order chi connectivity index (χ1) is 17.8. The molecule has 4 aliphatic rings. The van der Waals surface area contributed by atoms with Gasteiger partial charge in [0.15, 0.2) is 0 Å². The zero-order valence-corrected chi connectivity index (χ0v) is 24.7. The minimum Gasteiger partial charge on any atom is -0.393 e. The van der Waals surface area contributed by atoms with E-state index in [1.54, 1.807) is 6.92 Å². The molecular formula is C28H48O10S. The number of rotatable bonds is 7. The van der Waals surface area contributed by atoms with Gasteiger partial charge in [0.05, 0.1) is 24.4 Å². The molecule has 15 unspecified atom stereocenters. The second-order valence-corrected chi connectivity index (χ2v) is 15.2. The Labute approximate surface area is 232 Å². The number of carbonyl (C=O) groups excluding carboxylic acids is 1. The van der Waals surface area contributed by atoms with E-state index in [1.807, 2.05) is 6.92 Å². The van der Waals surface area contributed by atoms with E-state index >= 15 is 0 Å². The fourth-order valence-corrected chi connectivity index (χ4v) is 9.87. The third-order valence-corrected chi connectivity index (χ3v) is 12.4. The zero-order chi connectivity index (χ0) is 29.4. The summed E-state index contributed by atoms with van der Waals surface area (Å²) < 4.78 is 37.0. The van der Waals surface area contributed by atoms with Crippen LogP contribution in [0.25, 0.3) is 0 Å². The van der Waals surface area contributed by atoms with Gasteiger partial charge in [0.25, 0.3) is 0 Å². The summed E-state index contributed by atoms with van der Waals surface area (Å²) in [5.74, 6) is -2.11. The maximum Gasteiger partial charge on any atom is 0.397 e. The quantitative estimate of drug-likeness (QED) is 0.243. The summed E-state index contributed by atoms with van der Waals surface area (Å²) >= 11 is 0. The molecule has 0 aromatic rings. The first-order valence-electron chi connectivity index (χ1n) is 14.4. The second kappa shape index (κ2) is 10.6. The van der Waals surface area contributed by atoms with Crippen molar-refractivity contribution in [3.05, 3.63) is 0 Å². The third-order valence-electron chi connectivity index (χ3n) is 11.9. The summed E-state index contributed by atoms with van der Waals surface area (Å²) in [6.07, 6.45) is -6.15. The normalized spacial score (nSPS) is 48.7. The number of hydrogen-bond donors (Lipinski definition) is 6. The second-order valence-electron chi connectivity index (χ2n) is 14.1. The van der Waals surface area contributed by atoms with E-state index in [9.17, 15) is 43.3 Å². The van der Waals surface area contributed by atoms with Crippen LogP contribution < -0.4 is 0 Å². The Balaban J connectivity index is 1.67. The average molecular weight is 577 g/mol. The summed E-state index contributed by atoms with van der Waals surface area (Å²) in [5, 5.41) is 55.5. The van der Waals surface area contributed by atoms with Crippen molar-refractivity contribution in [1.82, 2.24) is 0 Å². The van der Waals surface area contributed by atoms with Gasteiger partial charge in [-0.2, -0.15) is 8.42 Å². The van der Waals surface area contributed by atoms with Crippen molar-refractivity contribution >= 4 is 16.2 Å². The molecule has 15 atom stereocenters. The molecule has 0 aliphatic heterocycles. The Morgan fingerprint density at radius 1 is 0.974 bits per heavy atom. The Morgan fingerprint density at radius 2 is 1.56 bits per heavy atom. The lowest BCUT2D eigenvalue weighted by molar-refractivity contribution is -0.264. The van der Waals surface area contributed by atoms with E-state index in [1.165, 1.54) is 0 Å². The summed E-state index contributed by atoms with van der Waals surface area (Å²) in [5.41, 5.74) is -1.50. The predicted octanol–water partition coefficient (Wildman–Crippen LogP) is 1.57. The molecular weight excluding hydrogens is 528 g/mol. The Morgan fingerprint density at radius 3 is 2.13 bits per heavy atom. The van der Waals surface area contributed by atoms with Crippen molar-refractivity contribution in [3.8, 4) is 0 Å². The molecule has 0 heterocycles. The molecule has 0 amide bonds. The predicted molar refractivity (Wildman–Crippen MR) is 141 cm³/mol. The van der Waals surface area contributed by atoms with Crippen molar-refractivity contribution in [2.24, 2.45) is 58.2 Å². The topological polar surface area (TPSA) is 182 Å². The first-order valence-corrected chi connectivity index (χ1v) is 15.8. The molecule has 6 N–H and O–H groups in total. The monoisotopic (exact) mass is 576 g/mol. The first kappa shape index (κ1) is 31.3. The van der Waals surface area contributed by atoms with Crippen LogP contribution in [-0.2, 0) is 19.4 Å². The van der Waals surface area contributed by atoms with Crippen LogP contribution in [0.4, 0.5) is 0 Å². The summed E-state index contributed by atoms with van der Waals surface area (Å²) in [4.78, 5) is 13.7. The molecule has 10 nitrogen and oxygen atoms in total. The third kappa shape index (κ3) is 5.13. The lowest BCUT2D eigenvalue weighted by Crippen LogP contribution is -2.70. The number of aliphatic hydroxyl groups is 5. The molecule has 4 saturated carbocycles. The molecule has 4 aliphatic carbocycles. The SMILES string of the molecule is CC(C)C(C)CC(O)C(C)C1CC(=O)C2C3C(O)C(O)C4C(O)C(O)C(OS(=O)(=O)O)CC4(C)C3CCC12C. The summed E-state index contributed by atoms with van der Waals surface area (Å²) in [6.45, 7) is 12.2. The highest BCUT2D eigenvalue weighted by Gasteiger charge is 2.70. The molecule has 39 heavy (non-hydrogen) atoms. The maximum absolute atomic E-state index is 13.7. The molecule has 4 fully saturated rings. The maximum atomic E-state index is 13.7. The van der Waals surface area contributed by atoms with Crippen molar-refractivity contribution in [2.45, 2.75) is 110 Å². The molecule has 11 heteroatoms. The van der Waals surface area contributed by atoms with Crippen LogP contribution in [0.15, 0.2) is 0 Å². The van der Waals surface area contributed by atoms with Gasteiger partial charge in [-0.1, -0.05) is 41.5 Å². The number of aliphatic hydroxyl groups excluding tert-OH is 5. The molecule has 0 saturated heterocycles. The number of ketones is 1. The summed E-state index contributed by atoms with van der Waals surface area (Å²) in [7, 11) is -4.93. The largest absolute Gasteiger partial charge is 0.397 e. The molecule has 0 spiro atoms. The van der Waals surface area contributed by atoms with Crippen LogP contribution in [0.1, 0.15) is 73.6 Å². The Kier molecular flexibility index (Phi) is 8.47. The molecule has 0 bridgehead atoms. The van der Waals surface area contributed by atoms with Crippen molar-refractivity contribution < 1.29 is 47.5 Å². The van der Waals surface area contributed by atoms with Crippen molar-refractivity contribution in [2.75, 3.05) is 0 Å². The molecule has 226 valence electrons. The van der Waals surface area contributed by atoms with E-state index in [4.69, 9.17) is 4.18 Å². The standard InChI is InChI=1S/C28H48O10S/c1-12(2)13(3)9-17(29)14(4)16-10-18(30)21-20-15(7-8-27(16,21)5)28(6)11-19(38-39(35,36)37)23(31)25(33)22(28)26(34)24(20)32/h12-17,19-26,29,31-34H,7-11H2,1-6H3,(H,35,36,37). The van der Waals surface area contributed by atoms with E-state index in [-0.39, 0.29) is 36.4 Å². The highest BCUT2D eigenvalue weighted by molar-refractivity contribution is 7.80. The minimum atomic E-state index is -4.93. The lowest BCUT2D eigenvalue weighted by atomic mass is 9.42. The van der Waals surface area contributed by atoms with Crippen LogP contribution in [-0.4, -0.2) is 80.9 Å². The zero-order valence-electron chi connectivity index (χ0n) is 23.8. The number of Topliss-reactive ketones (excluding diaryl/α,β-unsaturated/α-hetero) is 1. The smallest absolute Gasteiger partial charge is 0.393 e. The van der Waals surface area contributed by atoms with E-state index in [0.717, 1.165) is 0 Å². The number of hydrogen-bond acceptors (Lipinski definition) is 9. The fraction of sp³-hybridized carbons (Fsp3) is 0.964. The van der Waals surface area contributed by atoms with Gasteiger partial charge in [0.1, 0.15) is 18.0 Å². The molecule has 0 aromatic carbocycles. The van der Waals surface area contributed by atoms with Gasteiger partial charge in [-0.3, -0.25) is 9.35 Å². The van der Waals surface area contributed by atoms with Crippen LogP contribution in [0.3, 0.4) is 0 Å². The lowest BCUT2D eigenvalue weighted by Gasteiger charge is -2.64. The van der Waals surface area contributed by atoms with Crippen LogP contribution in [0.5, 0.6) is 0 Å². The van der Waals surface area contributed by atoms with Gasteiger partial charge in [-0.25, -0.2) is 4.18 Å². The highest BCUT2D eigenvalue weighted by atomic mass is 32.3. The van der Waals surface area contributed by atoms with Crippen LogP contribution >= 0.6 is 0 Å².